The number of amides is 2. The van der Waals surface area contributed by atoms with Gasteiger partial charge in [0.15, 0.2) is 0 Å². The molecule has 0 aliphatic heterocycles. The maximum absolute atomic E-state index is 12.3. The fraction of sp³-hybridized carbons (Fsp3) is 0.350. The van der Waals surface area contributed by atoms with Gasteiger partial charge in [-0.25, -0.2) is 4.98 Å². The molecule has 2 amide bonds. The molecule has 1 heterocycles. The van der Waals surface area contributed by atoms with Crippen LogP contribution in [0.2, 0.25) is 0 Å². The van der Waals surface area contributed by atoms with Crippen LogP contribution in [0, 0.1) is 0 Å². The van der Waals surface area contributed by atoms with Gasteiger partial charge in [-0.2, -0.15) is 0 Å². The lowest BCUT2D eigenvalue weighted by molar-refractivity contribution is -0.116. The molecule has 2 aromatic rings. The minimum Gasteiger partial charge on any atom is -0.326 e. The molecule has 0 fully saturated rings. The number of carbonyl (C=O) groups excluding carboxylic acids is 2. The van der Waals surface area contributed by atoms with Crippen LogP contribution in [0.25, 0.3) is 0 Å². The highest BCUT2D eigenvalue weighted by Crippen LogP contribution is 2.14. The minimum absolute atomic E-state index is 0.0150. The van der Waals surface area contributed by atoms with E-state index in [4.69, 9.17) is 0 Å². The van der Waals surface area contributed by atoms with Gasteiger partial charge < -0.3 is 10.6 Å². The summed E-state index contributed by atoms with van der Waals surface area (Å²) >= 11 is 0. The van der Waals surface area contributed by atoms with Crippen molar-refractivity contribution in [3.63, 3.8) is 0 Å². The number of hydrogen-bond acceptors (Lipinski definition) is 3. The molecule has 0 saturated heterocycles. The molecule has 0 aliphatic carbocycles. The Morgan fingerprint density at radius 2 is 1.80 bits per heavy atom. The molecule has 0 saturated carbocycles. The van der Waals surface area contributed by atoms with Crippen LogP contribution >= 0.6 is 0 Å². The van der Waals surface area contributed by atoms with Crippen molar-refractivity contribution in [1.29, 1.82) is 0 Å². The van der Waals surface area contributed by atoms with E-state index in [1.54, 1.807) is 48.7 Å². The maximum Gasteiger partial charge on any atom is 0.256 e. The quantitative estimate of drug-likeness (QED) is 0.654. The molecule has 0 bridgehead atoms. The van der Waals surface area contributed by atoms with Gasteiger partial charge in [-0.3, -0.25) is 9.59 Å². The van der Waals surface area contributed by atoms with Crippen molar-refractivity contribution in [2.75, 3.05) is 10.6 Å². The van der Waals surface area contributed by atoms with E-state index in [1.807, 2.05) is 0 Å². The fourth-order valence-electron chi connectivity index (χ4n) is 2.48. The molecule has 0 unspecified atom stereocenters. The number of unbranched alkanes of at least 4 members (excludes halogenated alkanes) is 4. The van der Waals surface area contributed by atoms with Crippen LogP contribution in [-0.4, -0.2) is 16.8 Å². The third kappa shape index (κ3) is 6.75. The average Bonchev–Trinajstić information content (AvgIpc) is 2.62. The number of benzene rings is 1. The highest BCUT2D eigenvalue weighted by atomic mass is 16.2. The maximum atomic E-state index is 12.3. The number of pyridine rings is 1. The first kappa shape index (κ1) is 18.6. The van der Waals surface area contributed by atoms with Crippen molar-refractivity contribution in [2.45, 2.75) is 45.4 Å². The second-order valence-corrected chi connectivity index (χ2v) is 5.96. The summed E-state index contributed by atoms with van der Waals surface area (Å²) in [6.45, 7) is 2.17. The molecular formula is C20H25N3O2. The number of nitrogens with zero attached hydrogens (tertiary/aromatic N) is 1. The van der Waals surface area contributed by atoms with Gasteiger partial charge in [0.2, 0.25) is 5.91 Å². The van der Waals surface area contributed by atoms with Crippen LogP contribution in [-0.2, 0) is 4.79 Å². The van der Waals surface area contributed by atoms with E-state index in [1.165, 1.54) is 19.3 Å². The van der Waals surface area contributed by atoms with E-state index in [2.05, 4.69) is 22.5 Å². The molecule has 2 N–H and O–H groups in total. The van der Waals surface area contributed by atoms with Gasteiger partial charge in [0.05, 0.1) is 0 Å². The Morgan fingerprint density at radius 3 is 2.56 bits per heavy atom. The summed E-state index contributed by atoms with van der Waals surface area (Å²) in [5.74, 6) is 0.224. The molecule has 0 aliphatic rings. The molecule has 0 atom stereocenters. The topological polar surface area (TPSA) is 71.1 Å². The zero-order valence-electron chi connectivity index (χ0n) is 14.6. The number of rotatable bonds is 9. The summed E-state index contributed by atoms with van der Waals surface area (Å²) < 4.78 is 0. The third-order valence-electron chi connectivity index (χ3n) is 3.82. The largest absolute Gasteiger partial charge is 0.326 e. The monoisotopic (exact) mass is 339 g/mol. The SMILES string of the molecule is CCCCCCCC(=O)Nc1cccc(C(=O)Nc2ccccn2)c1. The van der Waals surface area contributed by atoms with Crippen molar-refractivity contribution in [3.8, 4) is 0 Å². The molecular weight excluding hydrogens is 314 g/mol. The summed E-state index contributed by atoms with van der Waals surface area (Å²) in [7, 11) is 0. The number of anilines is 2. The second-order valence-electron chi connectivity index (χ2n) is 5.96. The van der Waals surface area contributed by atoms with Gasteiger partial charge in [-0.1, -0.05) is 44.7 Å². The Balaban J connectivity index is 1.85. The lowest BCUT2D eigenvalue weighted by Gasteiger charge is -2.08. The molecule has 1 aromatic carbocycles. The Morgan fingerprint density at radius 1 is 0.960 bits per heavy atom. The van der Waals surface area contributed by atoms with Gasteiger partial charge in [0.25, 0.3) is 5.91 Å². The molecule has 2 rings (SSSR count). The summed E-state index contributed by atoms with van der Waals surface area (Å²) in [6, 6.07) is 12.2. The van der Waals surface area contributed by atoms with Crippen LogP contribution in [0.1, 0.15) is 55.8 Å². The zero-order chi connectivity index (χ0) is 17.9. The second kappa shape index (κ2) is 10.2. The Hall–Kier alpha value is -2.69. The highest BCUT2D eigenvalue weighted by molar-refractivity contribution is 6.04. The predicted molar refractivity (Wildman–Crippen MR) is 101 cm³/mol. The lowest BCUT2D eigenvalue weighted by atomic mass is 10.1. The van der Waals surface area contributed by atoms with Crippen molar-refractivity contribution < 1.29 is 9.59 Å². The van der Waals surface area contributed by atoms with Crippen molar-refractivity contribution in [3.05, 3.63) is 54.2 Å². The van der Waals surface area contributed by atoms with E-state index in [0.29, 0.717) is 23.5 Å². The number of aromatic nitrogens is 1. The summed E-state index contributed by atoms with van der Waals surface area (Å²) in [5, 5.41) is 5.59. The van der Waals surface area contributed by atoms with E-state index in [9.17, 15) is 9.59 Å². The molecule has 1 aromatic heterocycles. The predicted octanol–water partition coefficient (Wildman–Crippen LogP) is 4.63. The summed E-state index contributed by atoms with van der Waals surface area (Å²) in [6.07, 6.45) is 7.68. The van der Waals surface area contributed by atoms with E-state index in [0.717, 1.165) is 12.8 Å². The molecule has 5 heteroatoms. The van der Waals surface area contributed by atoms with Crippen LogP contribution in [0.5, 0.6) is 0 Å². The smallest absolute Gasteiger partial charge is 0.256 e. The molecule has 5 nitrogen and oxygen atoms in total. The first-order valence-corrected chi connectivity index (χ1v) is 8.81. The normalized spacial score (nSPS) is 10.3. The fourth-order valence-corrected chi connectivity index (χ4v) is 2.48. The first-order chi connectivity index (χ1) is 12.2. The summed E-state index contributed by atoms with van der Waals surface area (Å²) in [4.78, 5) is 28.3. The van der Waals surface area contributed by atoms with Crippen molar-refractivity contribution in [1.82, 2.24) is 4.98 Å². The Labute approximate surface area is 148 Å². The van der Waals surface area contributed by atoms with Gasteiger partial charge in [0, 0.05) is 23.9 Å². The first-order valence-electron chi connectivity index (χ1n) is 8.81. The molecule has 0 spiro atoms. The van der Waals surface area contributed by atoms with E-state index >= 15 is 0 Å². The third-order valence-corrected chi connectivity index (χ3v) is 3.82. The van der Waals surface area contributed by atoms with E-state index in [-0.39, 0.29) is 11.8 Å². The summed E-state index contributed by atoms with van der Waals surface area (Å²) in [5.41, 5.74) is 1.11. The van der Waals surface area contributed by atoms with Crippen LogP contribution in [0.4, 0.5) is 11.5 Å². The van der Waals surface area contributed by atoms with Crippen LogP contribution < -0.4 is 10.6 Å². The van der Waals surface area contributed by atoms with Gasteiger partial charge in [-0.05, 0) is 36.8 Å². The van der Waals surface area contributed by atoms with Crippen molar-refractivity contribution >= 4 is 23.3 Å². The van der Waals surface area contributed by atoms with Crippen LogP contribution in [0.3, 0.4) is 0 Å². The van der Waals surface area contributed by atoms with Crippen LogP contribution in [0.15, 0.2) is 48.7 Å². The Bertz CT molecular complexity index is 686. The average molecular weight is 339 g/mol. The molecule has 25 heavy (non-hydrogen) atoms. The number of hydrogen-bond donors (Lipinski definition) is 2. The van der Waals surface area contributed by atoms with Gasteiger partial charge in [-0.15, -0.1) is 0 Å². The Kier molecular flexibility index (Phi) is 7.63. The van der Waals surface area contributed by atoms with E-state index < -0.39 is 0 Å². The van der Waals surface area contributed by atoms with Gasteiger partial charge in [0.1, 0.15) is 5.82 Å². The van der Waals surface area contributed by atoms with Gasteiger partial charge >= 0.3 is 0 Å². The lowest BCUT2D eigenvalue weighted by Crippen LogP contribution is -2.14. The number of nitrogens with one attached hydrogen (secondary N) is 2. The molecule has 0 radical (unpaired) electrons. The molecule has 132 valence electrons. The zero-order valence-corrected chi connectivity index (χ0v) is 14.6. The van der Waals surface area contributed by atoms with Crippen molar-refractivity contribution in [2.24, 2.45) is 0 Å². The minimum atomic E-state index is -0.255. The standard InChI is InChI=1S/C20H25N3O2/c1-2-3-4-5-6-13-19(24)22-17-11-9-10-16(15-17)20(25)23-18-12-7-8-14-21-18/h7-12,14-15H,2-6,13H2,1H3,(H,22,24)(H,21,23,25). The highest BCUT2D eigenvalue weighted by Gasteiger charge is 2.09. The number of carbonyl (C=O) groups is 2.